The van der Waals surface area contributed by atoms with Crippen molar-refractivity contribution in [2.24, 2.45) is 0 Å². The van der Waals surface area contributed by atoms with Gasteiger partial charge in [0.1, 0.15) is 5.82 Å². The maximum absolute atomic E-state index is 13.2. The minimum absolute atomic E-state index is 0.194. The van der Waals surface area contributed by atoms with E-state index in [-0.39, 0.29) is 11.9 Å². The fraction of sp³-hybridized carbons (Fsp3) is 0.257. The van der Waals surface area contributed by atoms with E-state index in [1.165, 1.54) is 23.3 Å². The summed E-state index contributed by atoms with van der Waals surface area (Å²) in [5.41, 5.74) is 4.25. The SMILES string of the molecule is CC(C)c1cccc(C(C)C)c1O[CH-]N(c1ccc(F)cc1)C(C)C.[Cl][Ru]([Cl])=[CH]c1ccccc1Oc1ccccc1. The number of rotatable bonds is 10. The summed E-state index contributed by atoms with van der Waals surface area (Å²) in [5.74, 6) is 3.02. The first-order valence-corrected chi connectivity index (χ1v) is 19.4. The van der Waals surface area contributed by atoms with Crippen LogP contribution in [-0.4, -0.2) is 10.7 Å². The Labute approximate surface area is 263 Å². The van der Waals surface area contributed by atoms with Gasteiger partial charge in [0.25, 0.3) is 0 Å². The second-order valence-electron chi connectivity index (χ2n) is 10.5. The van der Waals surface area contributed by atoms with Gasteiger partial charge in [-0.2, -0.15) is 0 Å². The molecule has 0 N–H and O–H groups in total. The zero-order valence-corrected chi connectivity index (χ0v) is 28.1. The van der Waals surface area contributed by atoms with Crippen LogP contribution in [0.15, 0.2) is 97.1 Å². The minimum atomic E-state index is -1.83. The molecule has 3 nitrogen and oxygen atoms in total. The van der Waals surface area contributed by atoms with E-state index in [2.05, 4.69) is 59.7 Å². The molecule has 0 heterocycles. The van der Waals surface area contributed by atoms with Crippen molar-refractivity contribution in [3.8, 4) is 17.2 Å². The molecule has 0 spiro atoms. The monoisotopic (exact) mass is 696 g/mol. The van der Waals surface area contributed by atoms with Crippen LogP contribution in [0.25, 0.3) is 0 Å². The number of para-hydroxylation sites is 3. The van der Waals surface area contributed by atoms with Crippen LogP contribution in [-0.2, 0) is 13.5 Å². The summed E-state index contributed by atoms with van der Waals surface area (Å²) in [6, 6.07) is 30.4. The van der Waals surface area contributed by atoms with Gasteiger partial charge in [0, 0.05) is 5.69 Å². The van der Waals surface area contributed by atoms with Gasteiger partial charge in [-0.3, -0.25) is 0 Å². The molecule has 0 radical (unpaired) electrons. The predicted molar refractivity (Wildman–Crippen MR) is 173 cm³/mol. The zero-order chi connectivity index (χ0) is 30.6. The molecule has 0 aromatic heterocycles. The summed E-state index contributed by atoms with van der Waals surface area (Å²) in [5, 5.41) is 0. The first-order valence-electron chi connectivity index (χ1n) is 13.9. The molecule has 0 saturated heterocycles. The fourth-order valence-corrected chi connectivity index (χ4v) is 5.99. The number of ether oxygens (including phenoxy) is 2. The van der Waals surface area contributed by atoms with Gasteiger partial charge in [-0.05, 0) is 67.1 Å². The Morgan fingerprint density at radius 1 is 0.738 bits per heavy atom. The number of nitrogens with zero attached hydrogens (tertiary/aromatic N) is 1. The Hall–Kier alpha value is -2.72. The Morgan fingerprint density at radius 2 is 1.31 bits per heavy atom. The number of hydrogen-bond donors (Lipinski definition) is 0. The first-order chi connectivity index (χ1) is 20.1. The van der Waals surface area contributed by atoms with Crippen LogP contribution in [0, 0.1) is 12.5 Å². The second kappa shape index (κ2) is 16.8. The van der Waals surface area contributed by atoms with Crippen LogP contribution in [0.4, 0.5) is 10.1 Å². The van der Waals surface area contributed by atoms with Crippen molar-refractivity contribution in [1.82, 2.24) is 0 Å². The van der Waals surface area contributed by atoms with Crippen LogP contribution in [0.5, 0.6) is 17.2 Å². The van der Waals surface area contributed by atoms with Gasteiger partial charge < -0.3 is 9.64 Å². The van der Waals surface area contributed by atoms with Crippen molar-refractivity contribution in [2.45, 2.75) is 59.4 Å². The first kappa shape index (κ1) is 33.8. The Balaban J connectivity index is 0.000000247. The molecule has 4 aromatic rings. The van der Waals surface area contributed by atoms with E-state index < -0.39 is 13.5 Å². The average molecular weight is 697 g/mol. The summed E-state index contributed by atoms with van der Waals surface area (Å²) >= 11 is -1.83. The van der Waals surface area contributed by atoms with E-state index in [1.807, 2.05) is 64.1 Å². The van der Waals surface area contributed by atoms with Crippen LogP contribution in [0.2, 0.25) is 0 Å². The third-order valence-electron chi connectivity index (χ3n) is 6.36. The number of halogens is 3. The van der Waals surface area contributed by atoms with Crippen LogP contribution >= 0.6 is 19.4 Å². The number of benzene rings is 4. The van der Waals surface area contributed by atoms with Crippen LogP contribution in [0.1, 0.15) is 70.1 Å². The molecule has 0 bridgehead atoms. The van der Waals surface area contributed by atoms with Crippen molar-refractivity contribution in [3.63, 3.8) is 0 Å². The van der Waals surface area contributed by atoms with Gasteiger partial charge in [-0.1, -0.05) is 52.6 Å². The molecule has 7 heteroatoms. The Morgan fingerprint density at radius 3 is 1.86 bits per heavy atom. The molecule has 0 aliphatic heterocycles. The summed E-state index contributed by atoms with van der Waals surface area (Å²) in [7, 11) is 11.8. The van der Waals surface area contributed by atoms with Crippen molar-refractivity contribution in [1.29, 1.82) is 0 Å². The quantitative estimate of drug-likeness (QED) is 0.122. The molecule has 226 valence electrons. The molecular weight excluding hydrogens is 657 g/mol. The molecule has 4 aromatic carbocycles. The maximum atomic E-state index is 13.2. The van der Waals surface area contributed by atoms with E-state index in [9.17, 15) is 4.39 Å². The molecule has 0 amide bonds. The average Bonchev–Trinajstić information content (AvgIpc) is 2.95. The second-order valence-corrected chi connectivity index (χ2v) is 16.3. The van der Waals surface area contributed by atoms with E-state index in [1.54, 1.807) is 18.9 Å². The normalized spacial score (nSPS) is 11.2. The predicted octanol–water partition coefficient (Wildman–Crippen LogP) is 11.0. The Bertz CT molecular complexity index is 1400. The van der Waals surface area contributed by atoms with Crippen LogP contribution in [0.3, 0.4) is 0 Å². The van der Waals surface area contributed by atoms with Crippen molar-refractivity contribution < 1.29 is 27.4 Å². The molecule has 0 unspecified atom stereocenters. The van der Waals surface area contributed by atoms with Gasteiger partial charge in [0.15, 0.2) is 0 Å². The number of anilines is 1. The van der Waals surface area contributed by atoms with Crippen molar-refractivity contribution in [2.75, 3.05) is 4.90 Å². The standard InChI is InChI=1S/C22H29FNO.C13H10O.2ClH.Ru/c1-15(2)20-8-7-9-21(16(3)4)22(20)25-14-24(17(5)6)19-12-10-18(23)11-13-19;1-11-7-5-6-10-13(11)14-12-8-3-2-4-9-12;;;/h7-17H,1-6H3;1-10H;2*1H;/q-1;;;;+2/p-2. The van der Waals surface area contributed by atoms with Gasteiger partial charge in [-0.25, -0.2) is 4.39 Å². The molecule has 0 saturated carbocycles. The van der Waals surface area contributed by atoms with E-state index in [0.29, 0.717) is 11.8 Å². The molecule has 42 heavy (non-hydrogen) atoms. The topological polar surface area (TPSA) is 21.7 Å². The van der Waals surface area contributed by atoms with Gasteiger partial charge in [0.2, 0.25) is 0 Å². The van der Waals surface area contributed by atoms with E-state index in [4.69, 9.17) is 28.9 Å². The molecule has 4 rings (SSSR count). The molecule has 0 aliphatic rings. The summed E-state index contributed by atoms with van der Waals surface area (Å²) < 4.78 is 27.1. The van der Waals surface area contributed by atoms with Gasteiger partial charge in [-0.15, -0.1) is 0 Å². The molecule has 0 fully saturated rings. The summed E-state index contributed by atoms with van der Waals surface area (Å²) in [6.45, 7) is 14.6. The molecular formula is C35H39Cl2FNO2Ru-. The summed E-state index contributed by atoms with van der Waals surface area (Å²) in [4.78, 5) is 2.01. The van der Waals surface area contributed by atoms with Crippen LogP contribution < -0.4 is 14.4 Å². The third kappa shape index (κ3) is 10.2. The zero-order valence-electron chi connectivity index (χ0n) is 24.9. The molecule has 0 atom stereocenters. The molecule has 0 aliphatic carbocycles. The van der Waals surface area contributed by atoms with E-state index >= 15 is 0 Å². The van der Waals surface area contributed by atoms with E-state index in [0.717, 1.165) is 28.5 Å². The summed E-state index contributed by atoms with van der Waals surface area (Å²) in [6.07, 6.45) is 0. The van der Waals surface area contributed by atoms with Crippen molar-refractivity contribution >= 4 is 29.7 Å². The number of hydrogen-bond acceptors (Lipinski definition) is 3. The third-order valence-corrected chi connectivity index (χ3v) is 8.20. The van der Waals surface area contributed by atoms with Gasteiger partial charge in [0.05, 0.1) is 5.75 Å². The fourth-order valence-electron chi connectivity index (χ4n) is 4.18. The Kier molecular flexibility index (Phi) is 13.5. The van der Waals surface area contributed by atoms with Gasteiger partial charge >= 0.3 is 114 Å². The van der Waals surface area contributed by atoms with Crippen molar-refractivity contribution in [3.05, 3.63) is 126 Å².